The summed E-state index contributed by atoms with van der Waals surface area (Å²) >= 11 is 0. The van der Waals surface area contributed by atoms with Crippen molar-refractivity contribution in [1.82, 2.24) is 9.88 Å². The van der Waals surface area contributed by atoms with Gasteiger partial charge in [-0.05, 0) is 75.9 Å². The largest absolute Gasteiger partial charge is 0.516 e. The maximum Gasteiger partial charge on any atom is 0.0792 e. The Morgan fingerprint density at radius 3 is 3.12 bits per heavy atom. The Kier molecular flexibility index (Phi) is 8.35. The van der Waals surface area contributed by atoms with Gasteiger partial charge in [0.1, 0.15) is 0 Å². The molecule has 3 N–H and O–H groups in total. The first-order chi connectivity index (χ1) is 12.3. The lowest BCUT2D eigenvalue weighted by atomic mass is 9.90. The van der Waals surface area contributed by atoms with Crippen LogP contribution in [0.15, 0.2) is 47.9 Å². The summed E-state index contributed by atoms with van der Waals surface area (Å²) in [5.74, 6) is 0. The fourth-order valence-corrected chi connectivity index (χ4v) is 3.35. The SMILES string of the molecule is CC(CN(CCCCN)C1CCCc2cccnc21)=N/C=C\C=C\O. The Bertz CT molecular complexity index is 609. The van der Waals surface area contributed by atoms with E-state index >= 15 is 0 Å². The summed E-state index contributed by atoms with van der Waals surface area (Å²) in [5, 5.41) is 8.65. The van der Waals surface area contributed by atoms with Gasteiger partial charge in [-0.25, -0.2) is 0 Å². The number of rotatable bonds is 9. The van der Waals surface area contributed by atoms with Gasteiger partial charge in [-0.1, -0.05) is 6.07 Å². The monoisotopic (exact) mass is 342 g/mol. The number of aromatic nitrogens is 1. The summed E-state index contributed by atoms with van der Waals surface area (Å²) < 4.78 is 0. The number of aliphatic hydroxyl groups excluding tert-OH is 1. The average molecular weight is 342 g/mol. The molecule has 0 saturated carbocycles. The third-order valence-electron chi connectivity index (χ3n) is 4.52. The predicted octanol–water partition coefficient (Wildman–Crippen LogP) is 3.55. The van der Waals surface area contributed by atoms with Crippen LogP contribution in [0.2, 0.25) is 0 Å². The van der Waals surface area contributed by atoms with Gasteiger partial charge in [0.15, 0.2) is 0 Å². The van der Waals surface area contributed by atoms with Crippen LogP contribution in [-0.2, 0) is 6.42 Å². The Morgan fingerprint density at radius 1 is 1.44 bits per heavy atom. The first-order valence-electron chi connectivity index (χ1n) is 9.13. The van der Waals surface area contributed by atoms with Crippen molar-refractivity contribution in [3.05, 3.63) is 54.2 Å². The van der Waals surface area contributed by atoms with Crippen LogP contribution in [0.25, 0.3) is 0 Å². The minimum Gasteiger partial charge on any atom is -0.516 e. The molecule has 1 atom stereocenters. The van der Waals surface area contributed by atoms with Crippen LogP contribution in [0.3, 0.4) is 0 Å². The predicted molar refractivity (Wildman–Crippen MR) is 104 cm³/mol. The molecule has 0 fully saturated rings. The van der Waals surface area contributed by atoms with Crippen LogP contribution in [0.1, 0.15) is 49.9 Å². The average Bonchev–Trinajstić information content (AvgIpc) is 2.64. The molecule has 0 bridgehead atoms. The number of unbranched alkanes of at least 4 members (excludes halogenated alkanes) is 1. The van der Waals surface area contributed by atoms with Gasteiger partial charge in [0.25, 0.3) is 0 Å². The minimum atomic E-state index is 0.356. The third-order valence-corrected chi connectivity index (χ3v) is 4.52. The van der Waals surface area contributed by atoms with Gasteiger partial charge >= 0.3 is 0 Å². The second kappa shape index (κ2) is 10.8. The van der Waals surface area contributed by atoms with Crippen molar-refractivity contribution in [2.24, 2.45) is 10.7 Å². The molecule has 1 aromatic heterocycles. The highest BCUT2D eigenvalue weighted by Gasteiger charge is 2.27. The van der Waals surface area contributed by atoms with Gasteiger partial charge < -0.3 is 10.8 Å². The van der Waals surface area contributed by atoms with E-state index in [2.05, 4.69) is 20.9 Å². The lowest BCUT2D eigenvalue weighted by Gasteiger charge is -2.35. The number of hydrogen-bond donors (Lipinski definition) is 2. The molecule has 1 aliphatic carbocycles. The number of aliphatic imine (C=N–C) groups is 1. The molecule has 5 nitrogen and oxygen atoms in total. The van der Waals surface area contributed by atoms with E-state index in [-0.39, 0.29) is 0 Å². The van der Waals surface area contributed by atoms with E-state index in [1.807, 2.05) is 19.2 Å². The smallest absolute Gasteiger partial charge is 0.0792 e. The first-order valence-corrected chi connectivity index (χ1v) is 9.13. The van der Waals surface area contributed by atoms with E-state index in [0.29, 0.717) is 6.04 Å². The third kappa shape index (κ3) is 6.11. The molecule has 2 rings (SSSR count). The molecular formula is C20H30N4O. The van der Waals surface area contributed by atoms with E-state index in [0.717, 1.165) is 57.3 Å². The normalized spacial score (nSPS) is 18.4. The highest BCUT2D eigenvalue weighted by molar-refractivity contribution is 5.84. The van der Waals surface area contributed by atoms with Crippen molar-refractivity contribution in [2.75, 3.05) is 19.6 Å². The Morgan fingerprint density at radius 2 is 2.32 bits per heavy atom. The Balaban J connectivity index is 2.13. The van der Waals surface area contributed by atoms with E-state index in [1.165, 1.54) is 17.7 Å². The van der Waals surface area contributed by atoms with E-state index in [4.69, 9.17) is 10.8 Å². The fraction of sp³-hybridized carbons (Fsp3) is 0.500. The highest BCUT2D eigenvalue weighted by atomic mass is 16.2. The molecule has 1 aliphatic rings. The lowest BCUT2D eigenvalue weighted by molar-refractivity contribution is 0.196. The van der Waals surface area contributed by atoms with E-state index < -0.39 is 0 Å². The van der Waals surface area contributed by atoms with Crippen LogP contribution >= 0.6 is 0 Å². The molecule has 0 amide bonds. The number of pyridine rings is 1. The maximum absolute atomic E-state index is 8.65. The van der Waals surface area contributed by atoms with Crippen molar-refractivity contribution in [1.29, 1.82) is 0 Å². The van der Waals surface area contributed by atoms with Gasteiger partial charge in [-0.15, -0.1) is 0 Å². The standard InChI is InChI=1S/C20H30N4O/c1-17(22-12-3-5-15-25)16-24(14-4-2-11-21)19-10-6-8-18-9-7-13-23-20(18)19/h3,5,7,9,12-13,15,19,25H,2,4,6,8,10-11,14,16,21H2,1H3/b12-3-,15-5+,22-17?. The second-order valence-corrected chi connectivity index (χ2v) is 6.47. The molecule has 0 spiro atoms. The van der Waals surface area contributed by atoms with Gasteiger partial charge in [0.2, 0.25) is 0 Å². The van der Waals surface area contributed by atoms with Gasteiger partial charge in [-0.3, -0.25) is 14.9 Å². The zero-order valence-electron chi connectivity index (χ0n) is 15.1. The summed E-state index contributed by atoms with van der Waals surface area (Å²) in [4.78, 5) is 11.6. The number of nitrogens with two attached hydrogens (primary N) is 1. The summed E-state index contributed by atoms with van der Waals surface area (Å²) in [7, 11) is 0. The minimum absolute atomic E-state index is 0.356. The first kappa shape index (κ1) is 19.3. The molecule has 1 unspecified atom stereocenters. The summed E-state index contributed by atoms with van der Waals surface area (Å²) in [6.07, 6.45) is 13.5. The molecule has 0 aliphatic heterocycles. The van der Waals surface area contributed by atoms with Crippen molar-refractivity contribution >= 4 is 5.71 Å². The molecule has 1 heterocycles. The molecule has 136 valence electrons. The molecule has 0 radical (unpaired) electrons. The number of allylic oxidation sites excluding steroid dienone is 2. The molecule has 25 heavy (non-hydrogen) atoms. The van der Waals surface area contributed by atoms with Crippen LogP contribution in [0, 0.1) is 0 Å². The number of hydrogen-bond acceptors (Lipinski definition) is 5. The zero-order chi connectivity index (χ0) is 17.9. The molecule has 0 saturated heterocycles. The van der Waals surface area contributed by atoms with Crippen molar-refractivity contribution < 1.29 is 5.11 Å². The van der Waals surface area contributed by atoms with Gasteiger partial charge in [0, 0.05) is 24.7 Å². The lowest BCUT2D eigenvalue weighted by Crippen LogP contribution is -2.36. The second-order valence-electron chi connectivity index (χ2n) is 6.47. The van der Waals surface area contributed by atoms with Crippen molar-refractivity contribution in [3.63, 3.8) is 0 Å². The van der Waals surface area contributed by atoms with Crippen LogP contribution in [0.5, 0.6) is 0 Å². The van der Waals surface area contributed by atoms with Crippen molar-refractivity contribution in [3.8, 4) is 0 Å². The van der Waals surface area contributed by atoms with Crippen LogP contribution in [-0.4, -0.2) is 40.3 Å². The number of aryl methyl sites for hydroxylation is 1. The van der Waals surface area contributed by atoms with E-state index in [9.17, 15) is 0 Å². The molecular weight excluding hydrogens is 312 g/mol. The molecule has 0 aromatic carbocycles. The fourth-order valence-electron chi connectivity index (χ4n) is 3.35. The van der Waals surface area contributed by atoms with Gasteiger partial charge in [-0.2, -0.15) is 0 Å². The quantitative estimate of drug-likeness (QED) is 0.311. The highest BCUT2D eigenvalue weighted by Crippen LogP contribution is 2.32. The number of nitrogens with zero attached hydrogens (tertiary/aromatic N) is 3. The topological polar surface area (TPSA) is 74.7 Å². The molecule has 1 aromatic rings. The van der Waals surface area contributed by atoms with Crippen LogP contribution < -0.4 is 5.73 Å². The Hall–Kier alpha value is -1.98. The van der Waals surface area contributed by atoms with Gasteiger partial charge in [0.05, 0.1) is 18.0 Å². The summed E-state index contributed by atoms with van der Waals surface area (Å²) in [6.45, 7) is 4.60. The number of aliphatic hydroxyl groups is 1. The summed E-state index contributed by atoms with van der Waals surface area (Å²) in [6, 6.07) is 4.60. The van der Waals surface area contributed by atoms with E-state index in [1.54, 1.807) is 18.4 Å². The Labute approximate surface area is 151 Å². The number of fused-ring (bicyclic) bond motifs is 1. The van der Waals surface area contributed by atoms with Crippen molar-refractivity contribution in [2.45, 2.75) is 45.1 Å². The maximum atomic E-state index is 8.65. The van der Waals surface area contributed by atoms with Crippen LogP contribution in [0.4, 0.5) is 0 Å². The molecule has 5 heteroatoms. The zero-order valence-corrected chi connectivity index (χ0v) is 15.1. The summed E-state index contributed by atoms with van der Waals surface area (Å²) in [5.41, 5.74) is 9.34.